The van der Waals surface area contributed by atoms with Gasteiger partial charge in [-0.1, -0.05) is 97.1 Å². The number of rotatable bonds is 9. The molecule has 7 heteroatoms. The third kappa shape index (κ3) is 6.39. The SMILES string of the molecule is O=C(C=Cc1ccc(NC(=O)c2ccc3c(c2)C(=O)N(c2ccc(C=CC(=O)c4ccccc4)cc2)C3=O)cc1)c1ccccc1. The summed E-state index contributed by atoms with van der Waals surface area (Å²) in [4.78, 5) is 65.3. The Morgan fingerprint density at radius 2 is 1.02 bits per heavy atom. The minimum absolute atomic E-state index is 0.109. The summed E-state index contributed by atoms with van der Waals surface area (Å²) in [5.74, 6) is -1.69. The number of imide groups is 1. The average molecular weight is 603 g/mol. The lowest BCUT2D eigenvalue weighted by Crippen LogP contribution is -2.29. The standard InChI is InChI=1S/C39H26N2O5/c42-35(28-7-3-1-4-8-28)23-15-26-11-18-31(19-12-26)40-37(44)30-17-22-33-34(25-30)39(46)41(38(33)45)32-20-13-27(14-21-32)16-24-36(43)29-9-5-2-6-10-29/h1-25H,(H,40,44). The van der Waals surface area contributed by atoms with Crippen LogP contribution in [0.2, 0.25) is 0 Å². The molecule has 46 heavy (non-hydrogen) atoms. The van der Waals surface area contributed by atoms with Crippen molar-refractivity contribution in [3.63, 3.8) is 0 Å². The lowest BCUT2D eigenvalue weighted by molar-refractivity contribution is 0.0923. The molecule has 0 aliphatic carbocycles. The zero-order valence-corrected chi connectivity index (χ0v) is 24.4. The number of fused-ring (bicyclic) bond motifs is 1. The van der Waals surface area contributed by atoms with E-state index < -0.39 is 17.7 Å². The van der Waals surface area contributed by atoms with Crippen molar-refractivity contribution < 1.29 is 24.0 Å². The molecule has 0 saturated carbocycles. The lowest BCUT2D eigenvalue weighted by Gasteiger charge is -2.13. The number of carbonyl (C=O) groups excluding carboxylic acids is 5. The van der Waals surface area contributed by atoms with Crippen LogP contribution in [0.25, 0.3) is 12.2 Å². The molecular weight excluding hydrogens is 576 g/mol. The van der Waals surface area contributed by atoms with E-state index in [9.17, 15) is 24.0 Å². The minimum atomic E-state index is -0.529. The van der Waals surface area contributed by atoms with E-state index in [2.05, 4.69) is 5.32 Å². The van der Waals surface area contributed by atoms with Gasteiger partial charge in [0.15, 0.2) is 11.6 Å². The monoisotopic (exact) mass is 602 g/mol. The number of amides is 3. The molecule has 0 unspecified atom stereocenters. The first kappa shape index (κ1) is 29.6. The van der Waals surface area contributed by atoms with Gasteiger partial charge in [-0.05, 0) is 65.7 Å². The maximum Gasteiger partial charge on any atom is 0.266 e. The molecule has 0 atom stereocenters. The Balaban J connectivity index is 1.10. The van der Waals surface area contributed by atoms with Crippen LogP contribution in [0.5, 0.6) is 0 Å². The highest BCUT2D eigenvalue weighted by molar-refractivity contribution is 6.34. The van der Waals surface area contributed by atoms with Gasteiger partial charge in [0, 0.05) is 22.4 Å². The first-order valence-corrected chi connectivity index (χ1v) is 14.5. The summed E-state index contributed by atoms with van der Waals surface area (Å²) >= 11 is 0. The number of ketones is 2. The number of carbonyl (C=O) groups is 5. The van der Waals surface area contributed by atoms with E-state index in [-0.39, 0.29) is 28.3 Å². The van der Waals surface area contributed by atoms with Gasteiger partial charge in [0.2, 0.25) is 0 Å². The van der Waals surface area contributed by atoms with Crippen molar-refractivity contribution in [1.29, 1.82) is 0 Å². The molecule has 0 radical (unpaired) electrons. The molecule has 0 spiro atoms. The average Bonchev–Trinajstić information content (AvgIpc) is 3.36. The van der Waals surface area contributed by atoms with Crippen LogP contribution in [0, 0.1) is 0 Å². The topological polar surface area (TPSA) is 101 Å². The van der Waals surface area contributed by atoms with Crippen molar-refractivity contribution >= 4 is 52.8 Å². The number of hydrogen-bond donors (Lipinski definition) is 1. The van der Waals surface area contributed by atoms with Gasteiger partial charge in [-0.3, -0.25) is 24.0 Å². The molecule has 6 rings (SSSR count). The molecule has 7 nitrogen and oxygen atoms in total. The van der Waals surface area contributed by atoms with E-state index in [1.165, 1.54) is 30.4 Å². The molecule has 3 amide bonds. The summed E-state index contributed by atoms with van der Waals surface area (Å²) in [7, 11) is 0. The summed E-state index contributed by atoms with van der Waals surface area (Å²) in [5.41, 5.74) is 4.17. The molecule has 5 aromatic rings. The van der Waals surface area contributed by atoms with Gasteiger partial charge in [-0.15, -0.1) is 0 Å². The molecule has 1 heterocycles. The Hall–Kier alpha value is -6.47. The summed E-state index contributed by atoms with van der Waals surface area (Å²) in [6, 6.07) is 36.0. The first-order valence-electron chi connectivity index (χ1n) is 14.5. The van der Waals surface area contributed by atoms with Crippen LogP contribution in [-0.2, 0) is 0 Å². The lowest BCUT2D eigenvalue weighted by atomic mass is 10.1. The fourth-order valence-corrected chi connectivity index (χ4v) is 4.97. The Bertz CT molecular complexity index is 2030. The zero-order valence-electron chi connectivity index (χ0n) is 24.4. The van der Waals surface area contributed by atoms with Crippen molar-refractivity contribution in [2.45, 2.75) is 0 Å². The van der Waals surface area contributed by atoms with Crippen LogP contribution in [-0.4, -0.2) is 29.3 Å². The summed E-state index contributed by atoms with van der Waals surface area (Å²) < 4.78 is 0. The highest BCUT2D eigenvalue weighted by atomic mass is 16.2. The number of anilines is 2. The highest BCUT2D eigenvalue weighted by Crippen LogP contribution is 2.30. The molecule has 0 fully saturated rings. The van der Waals surface area contributed by atoms with E-state index in [1.54, 1.807) is 109 Å². The van der Waals surface area contributed by atoms with Gasteiger partial charge in [-0.25, -0.2) is 4.90 Å². The molecule has 0 aromatic heterocycles. The van der Waals surface area contributed by atoms with Crippen LogP contribution in [0.15, 0.2) is 140 Å². The molecule has 1 N–H and O–H groups in total. The van der Waals surface area contributed by atoms with Crippen molar-refractivity contribution in [3.05, 3.63) is 178 Å². The predicted molar refractivity (Wildman–Crippen MR) is 178 cm³/mol. The smallest absolute Gasteiger partial charge is 0.266 e. The van der Waals surface area contributed by atoms with Gasteiger partial charge >= 0.3 is 0 Å². The Morgan fingerprint density at radius 1 is 0.522 bits per heavy atom. The van der Waals surface area contributed by atoms with Crippen molar-refractivity contribution in [2.75, 3.05) is 10.2 Å². The van der Waals surface area contributed by atoms with Crippen LogP contribution in [0.1, 0.15) is 62.9 Å². The first-order chi connectivity index (χ1) is 22.4. The van der Waals surface area contributed by atoms with Crippen molar-refractivity contribution in [2.24, 2.45) is 0 Å². The summed E-state index contributed by atoms with van der Waals surface area (Å²) in [5, 5.41) is 2.80. The molecule has 222 valence electrons. The second kappa shape index (κ2) is 13.0. The second-order valence-electron chi connectivity index (χ2n) is 10.5. The van der Waals surface area contributed by atoms with Crippen LogP contribution in [0.4, 0.5) is 11.4 Å². The molecule has 1 aliphatic rings. The summed E-state index contributed by atoms with van der Waals surface area (Å²) in [6.45, 7) is 0. The van der Waals surface area contributed by atoms with E-state index >= 15 is 0 Å². The van der Waals surface area contributed by atoms with Crippen LogP contribution in [0.3, 0.4) is 0 Å². The Labute approximate surface area is 265 Å². The maximum atomic E-state index is 13.3. The molecule has 1 aliphatic heterocycles. The predicted octanol–water partition coefficient (Wildman–Crippen LogP) is 7.53. The van der Waals surface area contributed by atoms with Gasteiger partial charge in [0.1, 0.15) is 0 Å². The number of nitrogens with zero attached hydrogens (tertiary/aromatic N) is 1. The van der Waals surface area contributed by atoms with Gasteiger partial charge in [0.05, 0.1) is 16.8 Å². The molecule has 5 aromatic carbocycles. The molecule has 0 bridgehead atoms. The Kier molecular flexibility index (Phi) is 8.38. The van der Waals surface area contributed by atoms with Crippen LogP contribution < -0.4 is 10.2 Å². The number of hydrogen-bond acceptors (Lipinski definition) is 5. The number of nitrogens with one attached hydrogen (secondary N) is 1. The minimum Gasteiger partial charge on any atom is -0.322 e. The molecular formula is C39H26N2O5. The highest BCUT2D eigenvalue weighted by Gasteiger charge is 2.37. The normalized spacial score (nSPS) is 12.5. The fourth-order valence-electron chi connectivity index (χ4n) is 4.97. The fraction of sp³-hybridized carbons (Fsp3) is 0. The van der Waals surface area contributed by atoms with Crippen molar-refractivity contribution in [3.8, 4) is 0 Å². The van der Waals surface area contributed by atoms with Crippen LogP contribution >= 0.6 is 0 Å². The van der Waals surface area contributed by atoms with E-state index in [0.29, 0.717) is 22.5 Å². The quantitative estimate of drug-likeness (QED) is 0.107. The number of benzene rings is 5. The molecule has 0 saturated heterocycles. The second-order valence-corrected chi connectivity index (χ2v) is 10.5. The van der Waals surface area contributed by atoms with E-state index in [1.807, 2.05) is 12.1 Å². The number of allylic oxidation sites excluding steroid dienone is 2. The van der Waals surface area contributed by atoms with Gasteiger partial charge in [-0.2, -0.15) is 0 Å². The van der Waals surface area contributed by atoms with Crippen molar-refractivity contribution in [1.82, 2.24) is 0 Å². The van der Waals surface area contributed by atoms with E-state index in [0.717, 1.165) is 16.0 Å². The Morgan fingerprint density at radius 3 is 1.57 bits per heavy atom. The third-order valence-corrected chi connectivity index (χ3v) is 7.44. The van der Waals surface area contributed by atoms with Gasteiger partial charge < -0.3 is 5.32 Å². The van der Waals surface area contributed by atoms with E-state index in [4.69, 9.17) is 0 Å². The largest absolute Gasteiger partial charge is 0.322 e. The zero-order chi connectivity index (χ0) is 32.0. The van der Waals surface area contributed by atoms with Gasteiger partial charge in [0.25, 0.3) is 17.7 Å². The third-order valence-electron chi connectivity index (χ3n) is 7.44. The summed E-state index contributed by atoms with van der Waals surface area (Å²) in [6.07, 6.45) is 6.34. The maximum absolute atomic E-state index is 13.3.